The van der Waals surface area contributed by atoms with Gasteiger partial charge in [-0.1, -0.05) is 6.07 Å². The van der Waals surface area contributed by atoms with Crippen molar-refractivity contribution in [3.8, 4) is 11.3 Å². The van der Waals surface area contributed by atoms with Crippen molar-refractivity contribution in [1.82, 2.24) is 9.97 Å². The average Bonchev–Trinajstić information content (AvgIpc) is 3.20. The number of thiazole rings is 1. The molecule has 0 fully saturated rings. The first kappa shape index (κ1) is 14.8. The molecule has 6 nitrogen and oxygen atoms in total. The number of nitro groups is 1. The van der Waals surface area contributed by atoms with E-state index in [-0.39, 0.29) is 10.6 Å². The zero-order valence-electron chi connectivity index (χ0n) is 13.0. The highest BCUT2D eigenvalue weighted by Gasteiger charge is 2.26. The van der Waals surface area contributed by atoms with Gasteiger partial charge in [0.1, 0.15) is 11.9 Å². The molecule has 1 aliphatic heterocycles. The summed E-state index contributed by atoms with van der Waals surface area (Å²) in [5, 5.41) is 14.4. The lowest BCUT2D eigenvalue weighted by Gasteiger charge is -2.19. The highest BCUT2D eigenvalue weighted by atomic mass is 32.1. The van der Waals surface area contributed by atoms with E-state index in [1.807, 2.05) is 24.0 Å². The molecule has 4 rings (SSSR count). The third-order valence-corrected chi connectivity index (χ3v) is 4.93. The van der Waals surface area contributed by atoms with Gasteiger partial charge in [-0.2, -0.15) is 0 Å². The number of aromatic nitrogens is 2. The van der Waals surface area contributed by atoms with Crippen LogP contribution in [0.2, 0.25) is 0 Å². The third kappa shape index (κ3) is 2.43. The van der Waals surface area contributed by atoms with Crippen molar-refractivity contribution in [1.29, 1.82) is 0 Å². The summed E-state index contributed by atoms with van der Waals surface area (Å²) in [6.45, 7) is 2.71. The van der Waals surface area contributed by atoms with E-state index in [1.54, 1.807) is 23.6 Å². The van der Waals surface area contributed by atoms with Crippen LogP contribution in [0.1, 0.15) is 10.6 Å². The monoisotopic (exact) mass is 338 g/mol. The maximum Gasteiger partial charge on any atom is 0.310 e. The first-order valence-corrected chi connectivity index (χ1v) is 8.43. The fourth-order valence-electron chi connectivity index (χ4n) is 3.06. The van der Waals surface area contributed by atoms with Crippen molar-refractivity contribution in [2.24, 2.45) is 0 Å². The molecule has 0 N–H and O–H groups in total. The maximum absolute atomic E-state index is 11.3. The normalized spacial score (nSPS) is 13.1. The van der Waals surface area contributed by atoms with Crippen LogP contribution in [0, 0.1) is 17.0 Å². The predicted octanol–water partition coefficient (Wildman–Crippen LogP) is 4.12. The summed E-state index contributed by atoms with van der Waals surface area (Å²) in [5.74, 6) is 0. The number of hydrogen-bond donors (Lipinski definition) is 0. The molecule has 1 aromatic carbocycles. The molecule has 0 saturated heterocycles. The number of aryl methyl sites for hydroxylation is 1. The second kappa shape index (κ2) is 5.68. The van der Waals surface area contributed by atoms with Crippen LogP contribution in [0.15, 0.2) is 42.0 Å². The lowest BCUT2D eigenvalue weighted by molar-refractivity contribution is -0.384. The molecule has 2 aromatic heterocycles. The fourth-order valence-corrected chi connectivity index (χ4v) is 3.68. The van der Waals surface area contributed by atoms with E-state index in [0.717, 1.165) is 34.9 Å². The summed E-state index contributed by atoms with van der Waals surface area (Å²) < 4.78 is 0. The van der Waals surface area contributed by atoms with Crippen LogP contribution in [0.3, 0.4) is 0 Å². The van der Waals surface area contributed by atoms with Gasteiger partial charge in [0.25, 0.3) is 0 Å². The van der Waals surface area contributed by atoms with E-state index < -0.39 is 0 Å². The first-order valence-electron chi connectivity index (χ1n) is 7.55. The van der Waals surface area contributed by atoms with Gasteiger partial charge in [-0.25, -0.2) is 4.98 Å². The summed E-state index contributed by atoms with van der Waals surface area (Å²) >= 11 is 1.63. The van der Waals surface area contributed by atoms with Crippen LogP contribution in [-0.4, -0.2) is 21.4 Å². The Balaban J connectivity index is 1.74. The van der Waals surface area contributed by atoms with Crippen LogP contribution in [-0.2, 0) is 6.42 Å². The van der Waals surface area contributed by atoms with Crippen molar-refractivity contribution < 1.29 is 4.92 Å². The summed E-state index contributed by atoms with van der Waals surface area (Å²) in [6, 6.07) is 7.89. The lowest BCUT2D eigenvalue weighted by atomic mass is 10.1. The maximum atomic E-state index is 11.3. The molecule has 0 spiro atoms. The molecule has 0 bridgehead atoms. The van der Waals surface area contributed by atoms with Crippen LogP contribution in [0.4, 0.5) is 17.1 Å². The number of rotatable bonds is 3. The van der Waals surface area contributed by atoms with E-state index in [2.05, 4.69) is 21.4 Å². The first-order chi connectivity index (χ1) is 11.6. The Bertz CT molecular complexity index is 938. The predicted molar refractivity (Wildman–Crippen MR) is 93.9 cm³/mol. The Morgan fingerprint density at radius 2 is 2.17 bits per heavy atom. The smallest absolute Gasteiger partial charge is 0.310 e. The van der Waals surface area contributed by atoms with E-state index in [0.29, 0.717) is 5.69 Å². The minimum atomic E-state index is -0.382. The SMILES string of the molecule is Cc1nc(-c2ccc3c(c2)CCN3c2ccncc2[N+](=O)[O-])cs1. The number of nitrogens with zero attached hydrogens (tertiary/aromatic N) is 4. The molecular weight excluding hydrogens is 324 g/mol. The minimum absolute atomic E-state index is 0.0320. The molecule has 0 saturated carbocycles. The number of fused-ring (bicyclic) bond motifs is 1. The molecule has 120 valence electrons. The molecule has 3 heterocycles. The van der Waals surface area contributed by atoms with Crippen molar-refractivity contribution in [2.45, 2.75) is 13.3 Å². The lowest BCUT2D eigenvalue weighted by Crippen LogP contribution is -2.15. The van der Waals surface area contributed by atoms with Gasteiger partial charge in [0, 0.05) is 29.4 Å². The van der Waals surface area contributed by atoms with Gasteiger partial charge < -0.3 is 4.90 Å². The average molecular weight is 338 g/mol. The number of hydrogen-bond acceptors (Lipinski definition) is 6. The topological polar surface area (TPSA) is 72.2 Å². The minimum Gasteiger partial charge on any atom is -0.335 e. The van der Waals surface area contributed by atoms with Gasteiger partial charge in [-0.3, -0.25) is 15.1 Å². The van der Waals surface area contributed by atoms with Crippen molar-refractivity contribution >= 4 is 28.4 Å². The summed E-state index contributed by atoms with van der Waals surface area (Å²) in [6.07, 6.45) is 3.75. The van der Waals surface area contributed by atoms with Crippen LogP contribution >= 0.6 is 11.3 Å². The largest absolute Gasteiger partial charge is 0.335 e. The van der Waals surface area contributed by atoms with Crippen LogP contribution in [0.25, 0.3) is 11.3 Å². The third-order valence-electron chi connectivity index (χ3n) is 4.16. The molecule has 7 heteroatoms. The zero-order valence-corrected chi connectivity index (χ0v) is 13.8. The van der Waals surface area contributed by atoms with Crippen LogP contribution < -0.4 is 4.90 Å². The number of benzene rings is 1. The van der Waals surface area contributed by atoms with Gasteiger partial charge >= 0.3 is 5.69 Å². The van der Waals surface area contributed by atoms with E-state index in [4.69, 9.17) is 0 Å². The second-order valence-corrected chi connectivity index (χ2v) is 6.68. The Hall–Kier alpha value is -2.80. The van der Waals surface area contributed by atoms with E-state index >= 15 is 0 Å². The molecule has 0 atom stereocenters. The Morgan fingerprint density at radius 1 is 1.29 bits per heavy atom. The van der Waals surface area contributed by atoms with Crippen molar-refractivity contribution in [3.05, 3.63) is 62.7 Å². The fraction of sp³-hybridized carbons (Fsp3) is 0.176. The molecule has 0 aliphatic carbocycles. The van der Waals surface area contributed by atoms with Crippen LogP contribution in [0.5, 0.6) is 0 Å². The molecule has 0 amide bonds. The molecular formula is C17H14N4O2S. The van der Waals surface area contributed by atoms with Gasteiger partial charge in [0.2, 0.25) is 0 Å². The van der Waals surface area contributed by atoms with Gasteiger partial charge in [0.05, 0.1) is 15.6 Å². The summed E-state index contributed by atoms with van der Waals surface area (Å²) in [5.41, 5.74) is 4.89. The molecule has 3 aromatic rings. The summed E-state index contributed by atoms with van der Waals surface area (Å²) in [7, 11) is 0. The summed E-state index contributed by atoms with van der Waals surface area (Å²) in [4.78, 5) is 21.3. The Kier molecular flexibility index (Phi) is 3.50. The van der Waals surface area contributed by atoms with Gasteiger partial charge in [-0.15, -0.1) is 11.3 Å². The number of anilines is 2. The quantitative estimate of drug-likeness (QED) is 0.531. The molecule has 24 heavy (non-hydrogen) atoms. The Morgan fingerprint density at radius 3 is 2.92 bits per heavy atom. The van der Waals surface area contributed by atoms with Crippen molar-refractivity contribution in [3.63, 3.8) is 0 Å². The highest BCUT2D eigenvalue weighted by Crippen LogP contribution is 2.40. The van der Waals surface area contributed by atoms with Gasteiger partial charge in [-0.05, 0) is 37.1 Å². The standard InChI is InChI=1S/C17H14N4O2S/c1-11-19-14(10-24-11)12-2-3-15-13(8-12)5-7-20(15)16-4-6-18-9-17(16)21(22)23/h2-4,6,8-10H,5,7H2,1H3. The Labute approximate surface area is 142 Å². The molecule has 1 aliphatic rings. The van der Waals surface area contributed by atoms with E-state index in [9.17, 15) is 10.1 Å². The number of pyridine rings is 1. The highest BCUT2D eigenvalue weighted by molar-refractivity contribution is 7.09. The van der Waals surface area contributed by atoms with Crippen molar-refractivity contribution in [2.75, 3.05) is 11.4 Å². The zero-order chi connectivity index (χ0) is 16.7. The second-order valence-electron chi connectivity index (χ2n) is 5.62. The molecule has 0 radical (unpaired) electrons. The van der Waals surface area contributed by atoms with Gasteiger partial charge in [0.15, 0.2) is 0 Å². The van der Waals surface area contributed by atoms with E-state index in [1.165, 1.54) is 11.8 Å². The molecule has 0 unspecified atom stereocenters.